The van der Waals surface area contributed by atoms with Crippen molar-refractivity contribution in [1.82, 2.24) is 0 Å². The molecule has 0 N–H and O–H groups in total. The minimum Gasteiger partial charge on any atom is -0.462 e. The lowest BCUT2D eigenvalue weighted by atomic mass is 10.0. The van der Waals surface area contributed by atoms with Crippen LogP contribution in [-0.4, -0.2) is 30.9 Å². The Bertz CT molecular complexity index is 1070. The first kappa shape index (κ1) is 34.5. The van der Waals surface area contributed by atoms with Crippen LogP contribution < -0.4 is 0 Å². The summed E-state index contributed by atoms with van der Waals surface area (Å²) in [5.74, 6) is -0.812. The number of unbranched alkanes of at least 4 members (excludes halogenated alkanes) is 10. The van der Waals surface area contributed by atoms with Gasteiger partial charge in [0.2, 0.25) is 0 Å². The predicted octanol–water partition coefficient (Wildman–Crippen LogP) is 9.64. The van der Waals surface area contributed by atoms with Crippen molar-refractivity contribution in [3.63, 3.8) is 0 Å². The van der Waals surface area contributed by atoms with E-state index >= 15 is 0 Å². The van der Waals surface area contributed by atoms with Gasteiger partial charge in [0.1, 0.15) is 0 Å². The molecule has 3 aromatic carbocycles. The number of carbonyl (C=O) groups is 3. The summed E-state index contributed by atoms with van der Waals surface area (Å²) < 4.78 is 10.7. The molecule has 0 unspecified atom stereocenters. The topological polar surface area (TPSA) is 69.7 Å². The summed E-state index contributed by atoms with van der Waals surface area (Å²) in [7, 11) is 0. The maximum atomic E-state index is 12.4. The second-order valence-electron chi connectivity index (χ2n) is 10.4. The van der Waals surface area contributed by atoms with Crippen LogP contribution in [0.25, 0.3) is 0 Å². The molecule has 0 spiro atoms. The zero-order valence-electron chi connectivity index (χ0n) is 25.5. The summed E-state index contributed by atoms with van der Waals surface area (Å²) in [6.07, 6.45) is 13.6. The fourth-order valence-corrected chi connectivity index (χ4v) is 4.43. The zero-order valence-corrected chi connectivity index (χ0v) is 25.5. The first-order valence-corrected chi connectivity index (χ1v) is 15.7. The molecule has 5 heteroatoms. The summed E-state index contributed by atoms with van der Waals surface area (Å²) >= 11 is 0. The molecule has 0 saturated carbocycles. The summed E-state index contributed by atoms with van der Waals surface area (Å²) in [5, 5.41) is 0. The smallest absolute Gasteiger partial charge is 0.339 e. The Morgan fingerprint density at radius 3 is 1.17 bits per heavy atom. The van der Waals surface area contributed by atoms with Crippen LogP contribution in [0.2, 0.25) is 0 Å². The number of ether oxygens (including phenoxy) is 2. The molecule has 0 saturated heterocycles. The first-order chi connectivity index (χ1) is 20.6. The molecule has 3 aromatic rings. The third-order valence-electron chi connectivity index (χ3n) is 6.90. The Labute approximate surface area is 252 Å². The highest BCUT2D eigenvalue weighted by Crippen LogP contribution is 2.14. The largest absolute Gasteiger partial charge is 0.462 e. The lowest BCUT2D eigenvalue weighted by Gasteiger charge is -2.10. The van der Waals surface area contributed by atoms with Crippen LogP contribution in [0.1, 0.15) is 128 Å². The van der Waals surface area contributed by atoms with Crippen molar-refractivity contribution in [1.29, 1.82) is 0 Å². The Morgan fingerprint density at radius 2 is 0.786 bits per heavy atom. The predicted molar refractivity (Wildman–Crippen MR) is 170 cm³/mol. The van der Waals surface area contributed by atoms with E-state index in [1.165, 1.54) is 51.4 Å². The molecule has 0 aliphatic heterocycles. The number of esters is 2. The van der Waals surface area contributed by atoms with Gasteiger partial charge in [0, 0.05) is 11.1 Å². The average Bonchev–Trinajstić information content (AvgIpc) is 3.04. The Balaban J connectivity index is 0.000000363. The molecule has 0 aliphatic rings. The van der Waals surface area contributed by atoms with Crippen LogP contribution in [0.4, 0.5) is 0 Å². The van der Waals surface area contributed by atoms with Crippen LogP contribution >= 0.6 is 0 Å². The van der Waals surface area contributed by atoms with Gasteiger partial charge in [0.25, 0.3) is 0 Å². The average molecular weight is 573 g/mol. The van der Waals surface area contributed by atoms with Crippen molar-refractivity contribution in [2.75, 3.05) is 13.2 Å². The molecule has 226 valence electrons. The number of carbonyl (C=O) groups excluding carboxylic acids is 3. The van der Waals surface area contributed by atoms with E-state index in [2.05, 4.69) is 13.8 Å². The molecule has 0 aliphatic carbocycles. The van der Waals surface area contributed by atoms with E-state index in [1.807, 2.05) is 60.7 Å². The highest BCUT2D eigenvalue weighted by Gasteiger charge is 2.18. The molecule has 0 aromatic heterocycles. The minimum atomic E-state index is -0.444. The summed E-state index contributed by atoms with van der Waals surface area (Å²) in [6, 6.07) is 25.4. The van der Waals surface area contributed by atoms with Crippen molar-refractivity contribution in [2.24, 2.45) is 0 Å². The van der Waals surface area contributed by atoms with Crippen molar-refractivity contribution in [3.05, 3.63) is 107 Å². The maximum absolute atomic E-state index is 12.4. The molecule has 0 bridgehead atoms. The lowest BCUT2D eigenvalue weighted by Crippen LogP contribution is -2.15. The van der Waals surface area contributed by atoms with Crippen LogP contribution in [0.3, 0.4) is 0 Å². The minimum absolute atomic E-state index is 0.0752. The Kier molecular flexibility index (Phi) is 18.0. The fraction of sp³-hybridized carbons (Fsp3) is 0.432. The molecule has 0 amide bonds. The Morgan fingerprint density at radius 1 is 0.452 bits per heavy atom. The van der Waals surface area contributed by atoms with Gasteiger partial charge in [0.05, 0.1) is 24.3 Å². The van der Waals surface area contributed by atoms with Crippen LogP contribution in [-0.2, 0) is 9.47 Å². The molecular formula is C37H48O5. The van der Waals surface area contributed by atoms with Crippen LogP contribution in [0.5, 0.6) is 0 Å². The maximum Gasteiger partial charge on any atom is 0.339 e. The van der Waals surface area contributed by atoms with Crippen LogP contribution in [0.15, 0.2) is 84.9 Å². The normalized spacial score (nSPS) is 10.3. The van der Waals surface area contributed by atoms with Gasteiger partial charge in [-0.05, 0) is 25.0 Å². The van der Waals surface area contributed by atoms with Gasteiger partial charge >= 0.3 is 11.9 Å². The van der Waals surface area contributed by atoms with Crippen molar-refractivity contribution >= 4 is 17.7 Å². The first-order valence-electron chi connectivity index (χ1n) is 15.7. The molecule has 0 atom stereocenters. The van der Waals surface area contributed by atoms with Crippen LogP contribution in [0, 0.1) is 0 Å². The second kappa shape index (κ2) is 21.9. The molecule has 0 radical (unpaired) electrons. The van der Waals surface area contributed by atoms with E-state index in [0.29, 0.717) is 24.3 Å². The van der Waals surface area contributed by atoms with E-state index in [1.54, 1.807) is 24.3 Å². The van der Waals surface area contributed by atoms with Gasteiger partial charge in [-0.3, -0.25) is 4.79 Å². The lowest BCUT2D eigenvalue weighted by molar-refractivity contribution is 0.0450. The van der Waals surface area contributed by atoms with Gasteiger partial charge in [-0.1, -0.05) is 151 Å². The summed E-state index contributed by atoms with van der Waals surface area (Å²) in [6.45, 7) is 5.17. The number of ketones is 1. The van der Waals surface area contributed by atoms with Gasteiger partial charge in [-0.15, -0.1) is 0 Å². The molecule has 0 heterocycles. The Hall–Kier alpha value is -3.73. The highest BCUT2D eigenvalue weighted by atomic mass is 16.5. The third-order valence-corrected chi connectivity index (χ3v) is 6.90. The SMILES string of the molecule is CCCCCCCCOC(=O)c1ccccc1C(=O)OCCCCCCCC.O=C(c1ccccc1)c1ccccc1. The van der Waals surface area contributed by atoms with E-state index in [0.717, 1.165) is 36.8 Å². The standard InChI is InChI=1S/C24H38O4.C13H10O/c1-3-5-7-9-11-15-19-27-23(25)21-17-13-14-18-22(21)24(26)28-20-16-12-10-8-6-4-2;14-13(11-7-3-1-4-8-11)12-9-5-2-6-10-12/h13-14,17-18H,3-12,15-16,19-20H2,1-2H3;1-10H. The quantitative estimate of drug-likeness (QED) is 0.0862. The molecule has 3 rings (SSSR count). The van der Waals surface area contributed by atoms with E-state index in [-0.39, 0.29) is 5.78 Å². The zero-order chi connectivity index (χ0) is 30.3. The van der Waals surface area contributed by atoms with Crippen molar-refractivity contribution < 1.29 is 23.9 Å². The monoisotopic (exact) mass is 572 g/mol. The number of benzene rings is 3. The van der Waals surface area contributed by atoms with Gasteiger partial charge in [-0.25, -0.2) is 9.59 Å². The third kappa shape index (κ3) is 13.8. The number of hydrogen-bond donors (Lipinski definition) is 0. The molecule has 0 fully saturated rings. The number of hydrogen-bond acceptors (Lipinski definition) is 5. The molecular weight excluding hydrogens is 524 g/mol. The summed E-state index contributed by atoms with van der Waals surface area (Å²) in [4.78, 5) is 36.5. The fourth-order valence-electron chi connectivity index (χ4n) is 4.43. The molecule has 5 nitrogen and oxygen atoms in total. The van der Waals surface area contributed by atoms with Gasteiger partial charge in [-0.2, -0.15) is 0 Å². The van der Waals surface area contributed by atoms with Crippen molar-refractivity contribution in [2.45, 2.75) is 90.9 Å². The van der Waals surface area contributed by atoms with Gasteiger partial charge < -0.3 is 9.47 Å². The summed E-state index contributed by atoms with van der Waals surface area (Å²) in [5.41, 5.74) is 2.06. The van der Waals surface area contributed by atoms with E-state index in [9.17, 15) is 14.4 Å². The highest BCUT2D eigenvalue weighted by molar-refractivity contribution is 6.08. The molecule has 42 heavy (non-hydrogen) atoms. The second-order valence-corrected chi connectivity index (χ2v) is 10.4. The van der Waals surface area contributed by atoms with Gasteiger partial charge in [0.15, 0.2) is 5.78 Å². The van der Waals surface area contributed by atoms with E-state index < -0.39 is 11.9 Å². The number of rotatable bonds is 18. The van der Waals surface area contributed by atoms with E-state index in [4.69, 9.17) is 9.47 Å². The van der Waals surface area contributed by atoms with Crippen molar-refractivity contribution in [3.8, 4) is 0 Å².